The Balaban J connectivity index is 2.23. The van der Waals surface area contributed by atoms with Crippen LogP contribution in [0.3, 0.4) is 0 Å². The number of hydrogen-bond acceptors (Lipinski definition) is 2. The molecule has 2 heteroatoms. The zero-order chi connectivity index (χ0) is 9.69. The van der Waals surface area contributed by atoms with Crippen molar-refractivity contribution in [2.45, 2.75) is 63.7 Å². The third kappa shape index (κ3) is 1.23. The van der Waals surface area contributed by atoms with Gasteiger partial charge < -0.3 is 10.5 Å². The number of fused-ring (bicyclic) bond motifs is 2. The average Bonchev–Trinajstić information content (AvgIpc) is 2.36. The Morgan fingerprint density at radius 3 is 2.62 bits per heavy atom. The Bertz CT molecular complexity index is 212. The molecule has 0 aromatic heterocycles. The highest BCUT2D eigenvalue weighted by Gasteiger charge is 2.54. The molecule has 2 aliphatic heterocycles. The lowest BCUT2D eigenvalue weighted by molar-refractivity contribution is -0.159. The lowest BCUT2D eigenvalue weighted by atomic mass is 9.83. The molecule has 2 rings (SSSR count). The van der Waals surface area contributed by atoms with E-state index in [0.29, 0.717) is 5.92 Å². The van der Waals surface area contributed by atoms with E-state index >= 15 is 0 Å². The van der Waals surface area contributed by atoms with Crippen molar-refractivity contribution >= 4 is 0 Å². The molecular formula is C11H21NO. The molecule has 2 saturated heterocycles. The van der Waals surface area contributed by atoms with E-state index in [9.17, 15) is 0 Å². The summed E-state index contributed by atoms with van der Waals surface area (Å²) in [6.07, 6.45) is 4.64. The second-order valence-corrected chi connectivity index (χ2v) is 5.28. The zero-order valence-corrected chi connectivity index (χ0v) is 8.97. The van der Waals surface area contributed by atoms with Gasteiger partial charge in [-0.2, -0.15) is 0 Å². The minimum Gasteiger partial charge on any atom is -0.367 e. The summed E-state index contributed by atoms with van der Waals surface area (Å²) in [5.74, 6) is 0.627. The largest absolute Gasteiger partial charge is 0.367 e. The molecule has 0 radical (unpaired) electrons. The first-order valence-corrected chi connectivity index (χ1v) is 5.44. The van der Waals surface area contributed by atoms with Crippen LogP contribution in [0.2, 0.25) is 0 Å². The summed E-state index contributed by atoms with van der Waals surface area (Å²) in [4.78, 5) is 0. The van der Waals surface area contributed by atoms with Crippen LogP contribution in [0.25, 0.3) is 0 Å². The van der Waals surface area contributed by atoms with E-state index in [1.54, 1.807) is 0 Å². The molecule has 0 saturated carbocycles. The molecule has 2 nitrogen and oxygen atoms in total. The molecule has 2 heterocycles. The van der Waals surface area contributed by atoms with Gasteiger partial charge in [-0.05, 0) is 38.5 Å². The fourth-order valence-corrected chi connectivity index (χ4v) is 2.86. The van der Waals surface area contributed by atoms with Gasteiger partial charge in [0.05, 0.1) is 11.2 Å². The van der Waals surface area contributed by atoms with Crippen molar-refractivity contribution in [1.82, 2.24) is 0 Å². The summed E-state index contributed by atoms with van der Waals surface area (Å²) in [6, 6.07) is 0.252. The maximum Gasteiger partial charge on any atom is 0.0813 e. The fraction of sp³-hybridized carbons (Fsp3) is 1.00. The van der Waals surface area contributed by atoms with Crippen LogP contribution in [-0.4, -0.2) is 17.2 Å². The number of hydrogen-bond donors (Lipinski definition) is 1. The maximum absolute atomic E-state index is 6.22. The molecule has 2 aliphatic rings. The first-order chi connectivity index (χ1) is 5.99. The SMILES string of the molecule is CC(C)C12CCC(N)C(C)(CC1)O2. The lowest BCUT2D eigenvalue weighted by Crippen LogP contribution is -2.53. The normalized spacial score (nSPS) is 50.1. The van der Waals surface area contributed by atoms with Crippen LogP contribution in [0.15, 0.2) is 0 Å². The smallest absolute Gasteiger partial charge is 0.0813 e. The van der Waals surface area contributed by atoms with Crippen LogP contribution in [0, 0.1) is 5.92 Å². The number of ether oxygens (including phenoxy) is 1. The highest BCUT2D eigenvalue weighted by atomic mass is 16.5. The topological polar surface area (TPSA) is 35.2 Å². The molecule has 0 aromatic carbocycles. The predicted octanol–water partition coefficient (Wildman–Crippen LogP) is 2.07. The summed E-state index contributed by atoms with van der Waals surface area (Å²) in [5, 5.41) is 0. The van der Waals surface area contributed by atoms with Crippen LogP contribution < -0.4 is 5.73 Å². The quantitative estimate of drug-likeness (QED) is 0.675. The van der Waals surface area contributed by atoms with E-state index in [1.807, 2.05) is 0 Å². The molecule has 0 aliphatic carbocycles. The van der Waals surface area contributed by atoms with Crippen molar-refractivity contribution < 1.29 is 4.74 Å². The zero-order valence-electron chi connectivity index (χ0n) is 8.97. The van der Waals surface area contributed by atoms with E-state index < -0.39 is 0 Å². The minimum absolute atomic E-state index is 0.0253. The standard InChI is InChI=1S/C11H21NO/c1-8(2)11-5-4-9(12)10(3,13-11)6-7-11/h8-9H,4-7,12H2,1-3H3. The van der Waals surface area contributed by atoms with Crippen molar-refractivity contribution in [3.63, 3.8) is 0 Å². The monoisotopic (exact) mass is 183 g/mol. The Hall–Kier alpha value is -0.0800. The minimum atomic E-state index is -0.0253. The van der Waals surface area contributed by atoms with Gasteiger partial charge in [0.15, 0.2) is 0 Å². The third-order valence-corrected chi connectivity index (χ3v) is 4.20. The van der Waals surface area contributed by atoms with Gasteiger partial charge in [0.1, 0.15) is 0 Å². The third-order valence-electron chi connectivity index (χ3n) is 4.20. The second-order valence-electron chi connectivity index (χ2n) is 5.28. The molecule has 3 unspecified atom stereocenters. The van der Waals surface area contributed by atoms with Crippen LogP contribution >= 0.6 is 0 Å². The van der Waals surface area contributed by atoms with E-state index in [4.69, 9.17) is 10.5 Å². The van der Waals surface area contributed by atoms with Crippen LogP contribution in [0.4, 0.5) is 0 Å². The molecule has 2 N–H and O–H groups in total. The summed E-state index contributed by atoms with van der Waals surface area (Å²) in [5.41, 5.74) is 6.22. The number of nitrogens with two attached hydrogens (primary N) is 1. The first-order valence-electron chi connectivity index (χ1n) is 5.44. The van der Waals surface area contributed by atoms with Gasteiger partial charge in [0.25, 0.3) is 0 Å². The van der Waals surface area contributed by atoms with Gasteiger partial charge >= 0.3 is 0 Å². The Morgan fingerprint density at radius 2 is 2.00 bits per heavy atom. The van der Waals surface area contributed by atoms with Gasteiger partial charge in [-0.1, -0.05) is 13.8 Å². The molecule has 0 spiro atoms. The van der Waals surface area contributed by atoms with Crippen LogP contribution in [-0.2, 0) is 4.74 Å². The molecule has 76 valence electrons. The van der Waals surface area contributed by atoms with Gasteiger partial charge in [-0.15, -0.1) is 0 Å². The van der Waals surface area contributed by atoms with Crippen molar-refractivity contribution in [3.05, 3.63) is 0 Å². The molecular weight excluding hydrogens is 162 g/mol. The second kappa shape index (κ2) is 2.71. The van der Waals surface area contributed by atoms with Gasteiger partial charge in [0, 0.05) is 6.04 Å². The molecule has 13 heavy (non-hydrogen) atoms. The average molecular weight is 183 g/mol. The molecule has 0 amide bonds. The predicted molar refractivity (Wildman–Crippen MR) is 53.5 cm³/mol. The van der Waals surface area contributed by atoms with Gasteiger partial charge in [-0.25, -0.2) is 0 Å². The van der Waals surface area contributed by atoms with E-state index in [2.05, 4.69) is 20.8 Å². The summed E-state index contributed by atoms with van der Waals surface area (Å²) in [6.45, 7) is 6.71. The van der Waals surface area contributed by atoms with E-state index in [-0.39, 0.29) is 17.2 Å². The van der Waals surface area contributed by atoms with Crippen molar-refractivity contribution in [2.75, 3.05) is 0 Å². The fourth-order valence-electron chi connectivity index (χ4n) is 2.86. The Kier molecular flexibility index (Phi) is 1.97. The Labute approximate surface area is 80.8 Å². The van der Waals surface area contributed by atoms with Gasteiger partial charge in [0.2, 0.25) is 0 Å². The number of rotatable bonds is 1. The van der Waals surface area contributed by atoms with E-state index in [1.165, 1.54) is 6.42 Å². The highest BCUT2D eigenvalue weighted by Crippen LogP contribution is 2.50. The summed E-state index contributed by atoms with van der Waals surface area (Å²) < 4.78 is 6.22. The highest BCUT2D eigenvalue weighted by molar-refractivity contribution is 5.06. The molecule has 2 bridgehead atoms. The molecule has 3 atom stereocenters. The maximum atomic E-state index is 6.22. The van der Waals surface area contributed by atoms with Gasteiger partial charge in [-0.3, -0.25) is 0 Å². The van der Waals surface area contributed by atoms with E-state index in [0.717, 1.165) is 19.3 Å². The summed E-state index contributed by atoms with van der Waals surface area (Å²) >= 11 is 0. The first kappa shape index (κ1) is 9.47. The van der Waals surface area contributed by atoms with Crippen molar-refractivity contribution in [3.8, 4) is 0 Å². The van der Waals surface area contributed by atoms with Crippen molar-refractivity contribution in [2.24, 2.45) is 11.7 Å². The Morgan fingerprint density at radius 1 is 1.31 bits per heavy atom. The summed E-state index contributed by atoms with van der Waals surface area (Å²) in [7, 11) is 0. The van der Waals surface area contributed by atoms with Crippen molar-refractivity contribution in [1.29, 1.82) is 0 Å². The molecule has 0 aromatic rings. The van der Waals surface area contributed by atoms with Crippen LogP contribution in [0.1, 0.15) is 46.5 Å². The lowest BCUT2D eigenvalue weighted by Gasteiger charge is -2.44. The molecule has 2 fully saturated rings. The van der Waals surface area contributed by atoms with Crippen LogP contribution in [0.5, 0.6) is 0 Å².